The predicted molar refractivity (Wildman–Crippen MR) is 58.1 cm³/mol. The van der Waals surface area contributed by atoms with Gasteiger partial charge in [-0.25, -0.2) is 13.2 Å². The third-order valence-electron chi connectivity index (χ3n) is 2.33. The zero-order chi connectivity index (χ0) is 12.5. The Labute approximate surface area is 99.8 Å². The summed E-state index contributed by atoms with van der Waals surface area (Å²) in [4.78, 5) is 10.4. The third-order valence-corrected chi connectivity index (χ3v) is 3.76. The second-order valence-electron chi connectivity index (χ2n) is 3.58. The summed E-state index contributed by atoms with van der Waals surface area (Å²) >= 11 is 3.05. The Bertz CT molecular complexity index is 397. The monoisotopic (exact) mass is 294 g/mol. The van der Waals surface area contributed by atoms with Crippen LogP contribution in [-0.4, -0.2) is 10.6 Å². The molecule has 0 saturated carbocycles. The van der Waals surface area contributed by atoms with Crippen LogP contribution in [0.25, 0.3) is 0 Å². The molecule has 0 N–H and O–H groups in total. The van der Waals surface area contributed by atoms with E-state index in [1.165, 1.54) is 13.8 Å². The number of hydrogen-bond acceptors (Lipinski definition) is 1. The number of benzene rings is 1. The lowest BCUT2D eigenvalue weighted by Crippen LogP contribution is -2.19. The second kappa shape index (κ2) is 4.99. The van der Waals surface area contributed by atoms with Crippen LogP contribution in [0.4, 0.5) is 13.2 Å². The van der Waals surface area contributed by atoms with Gasteiger partial charge in [-0.3, -0.25) is 4.79 Å². The van der Waals surface area contributed by atoms with Crippen LogP contribution in [0.15, 0.2) is 12.1 Å². The summed E-state index contributed by atoms with van der Waals surface area (Å²) in [7, 11) is 0. The molecule has 0 aliphatic carbocycles. The van der Waals surface area contributed by atoms with Crippen molar-refractivity contribution < 1.29 is 18.0 Å². The highest BCUT2D eigenvalue weighted by molar-refractivity contribution is 9.10. The van der Waals surface area contributed by atoms with Crippen LogP contribution in [0.3, 0.4) is 0 Å². The Hall–Kier alpha value is -0.840. The quantitative estimate of drug-likeness (QED) is 0.779. The summed E-state index contributed by atoms with van der Waals surface area (Å²) in [6.07, 6.45) is 0. The molecule has 2 atom stereocenters. The molecule has 0 bridgehead atoms. The van der Waals surface area contributed by atoms with Crippen LogP contribution < -0.4 is 0 Å². The van der Waals surface area contributed by atoms with E-state index in [0.717, 1.165) is 0 Å². The minimum atomic E-state index is -0.976. The lowest BCUT2D eigenvalue weighted by molar-refractivity contribution is -0.116. The number of Topliss-reactive ketones (excluding diaryl/α,β-unsaturated/α-hetero) is 1. The molecule has 0 radical (unpaired) electrons. The molecule has 0 aliphatic rings. The number of ketones is 1. The molecular weight excluding hydrogens is 285 g/mol. The number of halogens is 4. The fourth-order valence-corrected chi connectivity index (χ4v) is 1.75. The Morgan fingerprint density at radius 3 is 2.06 bits per heavy atom. The van der Waals surface area contributed by atoms with Gasteiger partial charge in [-0.1, -0.05) is 22.9 Å². The molecule has 0 heterocycles. The lowest BCUT2D eigenvalue weighted by atomic mass is 9.95. The summed E-state index contributed by atoms with van der Waals surface area (Å²) in [5, 5.41) is 0. The molecule has 0 saturated heterocycles. The van der Waals surface area contributed by atoms with E-state index in [4.69, 9.17) is 0 Å². The molecular formula is C11H10BrF3O. The number of carbonyl (C=O) groups is 1. The van der Waals surface area contributed by atoms with Crippen LogP contribution in [0.1, 0.15) is 25.3 Å². The third kappa shape index (κ3) is 2.64. The van der Waals surface area contributed by atoms with Gasteiger partial charge >= 0.3 is 0 Å². The Balaban J connectivity index is 3.18. The smallest absolute Gasteiger partial charge is 0.144 e. The first kappa shape index (κ1) is 13.2. The summed E-state index contributed by atoms with van der Waals surface area (Å²) in [6, 6.07) is 1.21. The van der Waals surface area contributed by atoms with Crippen molar-refractivity contribution in [2.75, 3.05) is 0 Å². The zero-order valence-electron chi connectivity index (χ0n) is 8.73. The lowest BCUT2D eigenvalue weighted by Gasteiger charge is -2.17. The van der Waals surface area contributed by atoms with Gasteiger partial charge in [-0.05, 0) is 6.92 Å². The van der Waals surface area contributed by atoms with Gasteiger partial charge in [0.1, 0.15) is 23.2 Å². The second-order valence-corrected chi connectivity index (χ2v) is 4.57. The van der Waals surface area contributed by atoms with Crippen molar-refractivity contribution in [3.8, 4) is 0 Å². The van der Waals surface area contributed by atoms with Crippen molar-refractivity contribution in [2.45, 2.75) is 24.6 Å². The highest BCUT2D eigenvalue weighted by Gasteiger charge is 2.26. The van der Waals surface area contributed by atoms with Crippen molar-refractivity contribution in [3.05, 3.63) is 35.1 Å². The molecule has 1 aromatic carbocycles. The molecule has 0 spiro atoms. The van der Waals surface area contributed by atoms with Crippen molar-refractivity contribution >= 4 is 21.7 Å². The summed E-state index contributed by atoms with van der Waals surface area (Å²) < 4.78 is 39.4. The van der Waals surface area contributed by atoms with E-state index in [9.17, 15) is 18.0 Å². The number of carbonyl (C=O) groups excluding carboxylic acids is 1. The zero-order valence-corrected chi connectivity index (χ0v) is 10.3. The minimum Gasteiger partial charge on any atom is -0.299 e. The largest absolute Gasteiger partial charge is 0.299 e. The fraction of sp³-hybridized carbons (Fsp3) is 0.364. The summed E-state index contributed by atoms with van der Waals surface area (Å²) in [6.45, 7) is 2.81. The van der Waals surface area contributed by atoms with E-state index < -0.39 is 28.2 Å². The van der Waals surface area contributed by atoms with Crippen LogP contribution >= 0.6 is 15.9 Å². The van der Waals surface area contributed by atoms with E-state index in [2.05, 4.69) is 15.9 Å². The summed E-state index contributed by atoms with van der Waals surface area (Å²) in [5.74, 6) is -3.86. The van der Waals surface area contributed by atoms with Crippen LogP contribution in [-0.2, 0) is 4.79 Å². The van der Waals surface area contributed by atoms with Gasteiger partial charge < -0.3 is 0 Å². The van der Waals surface area contributed by atoms with E-state index >= 15 is 0 Å². The standard InChI is InChI=1S/C11H10BrF3O/c1-5(11(12)6(2)16)10-8(14)3-7(13)4-9(10)15/h3-5,11H,1-2H3. The molecule has 2 unspecified atom stereocenters. The topological polar surface area (TPSA) is 17.1 Å². The first-order chi connectivity index (χ1) is 7.34. The normalized spacial score (nSPS) is 14.6. The van der Waals surface area contributed by atoms with E-state index in [1.807, 2.05) is 0 Å². The maximum atomic E-state index is 13.4. The first-order valence-corrected chi connectivity index (χ1v) is 5.55. The van der Waals surface area contributed by atoms with Crippen LogP contribution in [0, 0.1) is 17.5 Å². The highest BCUT2D eigenvalue weighted by Crippen LogP contribution is 2.30. The van der Waals surface area contributed by atoms with Crippen molar-refractivity contribution in [3.63, 3.8) is 0 Å². The molecule has 0 aliphatic heterocycles. The van der Waals surface area contributed by atoms with Gasteiger partial charge in [0.15, 0.2) is 0 Å². The number of hydrogen-bond donors (Lipinski definition) is 0. The molecule has 0 fully saturated rings. The molecule has 1 nitrogen and oxygen atoms in total. The maximum Gasteiger partial charge on any atom is 0.144 e. The van der Waals surface area contributed by atoms with Crippen molar-refractivity contribution in [1.82, 2.24) is 0 Å². The average molecular weight is 295 g/mol. The molecule has 0 aromatic heterocycles. The van der Waals surface area contributed by atoms with Gasteiger partial charge in [0.25, 0.3) is 0 Å². The summed E-state index contributed by atoms with van der Waals surface area (Å²) in [5.41, 5.74) is -0.279. The van der Waals surface area contributed by atoms with Gasteiger partial charge in [0.2, 0.25) is 0 Å². The number of alkyl halides is 1. The minimum absolute atomic E-state index is 0.240. The maximum absolute atomic E-state index is 13.4. The Morgan fingerprint density at radius 1 is 1.25 bits per heavy atom. The van der Waals surface area contributed by atoms with Crippen molar-refractivity contribution in [2.24, 2.45) is 0 Å². The van der Waals surface area contributed by atoms with Gasteiger partial charge in [-0.2, -0.15) is 0 Å². The van der Waals surface area contributed by atoms with Crippen LogP contribution in [0.2, 0.25) is 0 Å². The number of rotatable bonds is 3. The van der Waals surface area contributed by atoms with Crippen molar-refractivity contribution in [1.29, 1.82) is 0 Å². The Kier molecular flexibility index (Phi) is 4.13. The molecule has 88 valence electrons. The molecule has 0 amide bonds. The van der Waals surface area contributed by atoms with E-state index in [-0.39, 0.29) is 11.3 Å². The van der Waals surface area contributed by atoms with Crippen LogP contribution in [0.5, 0.6) is 0 Å². The van der Waals surface area contributed by atoms with Gasteiger partial charge in [0, 0.05) is 23.6 Å². The van der Waals surface area contributed by atoms with Gasteiger partial charge in [0.05, 0.1) is 4.83 Å². The van der Waals surface area contributed by atoms with Gasteiger partial charge in [-0.15, -0.1) is 0 Å². The molecule has 1 aromatic rings. The SMILES string of the molecule is CC(=O)C(Br)C(C)c1c(F)cc(F)cc1F. The average Bonchev–Trinajstić information content (AvgIpc) is 2.14. The Morgan fingerprint density at radius 2 is 1.69 bits per heavy atom. The molecule has 5 heteroatoms. The predicted octanol–water partition coefficient (Wildman–Crippen LogP) is 3.56. The molecule has 1 rings (SSSR count). The van der Waals surface area contributed by atoms with E-state index in [1.54, 1.807) is 0 Å². The van der Waals surface area contributed by atoms with E-state index in [0.29, 0.717) is 12.1 Å². The fourth-order valence-electron chi connectivity index (χ4n) is 1.49. The molecule has 16 heavy (non-hydrogen) atoms. The first-order valence-electron chi connectivity index (χ1n) is 4.63. The highest BCUT2D eigenvalue weighted by atomic mass is 79.9.